The molecule has 0 spiro atoms. The number of imidazole rings is 1. The van der Waals surface area contributed by atoms with E-state index < -0.39 is 0 Å². The molecule has 2 N–H and O–H groups in total. The lowest BCUT2D eigenvalue weighted by Gasteiger charge is -2.56. The molecule has 0 radical (unpaired) electrons. The number of fused-ring (bicyclic) bond motifs is 1. The topological polar surface area (TPSA) is 47.2 Å². The first-order chi connectivity index (χ1) is 13.2. The van der Waals surface area contributed by atoms with E-state index >= 15 is 0 Å². The van der Waals surface area contributed by atoms with Crippen molar-refractivity contribution in [2.24, 2.45) is 5.92 Å². The van der Waals surface area contributed by atoms with E-state index in [1.807, 2.05) is 0 Å². The van der Waals surface area contributed by atoms with Gasteiger partial charge >= 0.3 is 0 Å². The predicted octanol–water partition coefficient (Wildman–Crippen LogP) is 1.94. The lowest BCUT2D eigenvalue weighted by molar-refractivity contribution is 0.0173. The van der Waals surface area contributed by atoms with Crippen LogP contribution in [0, 0.1) is 12.8 Å². The highest BCUT2D eigenvalue weighted by molar-refractivity contribution is 5.33. The maximum atomic E-state index is 4.81. The normalized spacial score (nSPS) is 34.7. The van der Waals surface area contributed by atoms with E-state index in [1.165, 1.54) is 56.2 Å². The van der Waals surface area contributed by atoms with Gasteiger partial charge in [-0.15, -0.1) is 0 Å². The first kappa shape index (κ1) is 17.4. The highest BCUT2D eigenvalue weighted by Crippen LogP contribution is 2.43. The minimum absolute atomic E-state index is 0.177. The summed E-state index contributed by atoms with van der Waals surface area (Å²) in [5.41, 5.74) is 4.07. The minimum atomic E-state index is 0.177. The van der Waals surface area contributed by atoms with Crippen LogP contribution in [0.3, 0.4) is 0 Å². The van der Waals surface area contributed by atoms with E-state index in [-0.39, 0.29) is 5.41 Å². The second kappa shape index (κ2) is 6.73. The molecule has 27 heavy (non-hydrogen) atoms. The molecule has 5 heterocycles. The Kier molecular flexibility index (Phi) is 4.34. The third-order valence-corrected chi connectivity index (χ3v) is 7.00. The Hall–Kier alpha value is -1.69. The fourth-order valence-corrected chi connectivity index (χ4v) is 5.78. The molecule has 1 aromatic heterocycles. The van der Waals surface area contributed by atoms with Crippen LogP contribution < -0.4 is 5.32 Å². The molecule has 0 aliphatic carbocycles. The van der Waals surface area contributed by atoms with Gasteiger partial charge in [0.05, 0.1) is 5.69 Å². The second-order valence-corrected chi connectivity index (χ2v) is 8.72. The summed E-state index contributed by atoms with van der Waals surface area (Å²) in [5, 5.41) is 3.99. The number of piperidine rings is 2. The SMILES string of the molecule is CCc1nc(CNC2C3CN4CCN(C3)CC2(c2ccccc2)C4)c(C)[nH]1. The van der Waals surface area contributed by atoms with Crippen molar-refractivity contribution in [1.82, 2.24) is 25.1 Å². The predicted molar refractivity (Wildman–Crippen MR) is 108 cm³/mol. The molecular formula is C22H31N5. The van der Waals surface area contributed by atoms with Gasteiger partial charge in [0.15, 0.2) is 0 Å². The Morgan fingerprint density at radius 3 is 2.48 bits per heavy atom. The zero-order valence-electron chi connectivity index (χ0n) is 16.5. The molecule has 144 valence electrons. The van der Waals surface area contributed by atoms with Crippen molar-refractivity contribution in [3.05, 3.63) is 53.1 Å². The van der Waals surface area contributed by atoms with E-state index in [4.69, 9.17) is 4.98 Å². The number of aromatic nitrogens is 2. The molecule has 4 fully saturated rings. The summed E-state index contributed by atoms with van der Waals surface area (Å²) in [5.74, 6) is 1.78. The lowest BCUT2D eigenvalue weighted by Crippen LogP contribution is -2.69. The van der Waals surface area contributed by atoms with Gasteiger partial charge in [0, 0.05) is 75.3 Å². The maximum absolute atomic E-state index is 4.81. The van der Waals surface area contributed by atoms with Gasteiger partial charge in [-0.2, -0.15) is 0 Å². The Morgan fingerprint density at radius 2 is 1.85 bits per heavy atom. The third kappa shape index (κ3) is 2.93. The largest absolute Gasteiger partial charge is 0.346 e. The summed E-state index contributed by atoms with van der Waals surface area (Å²) in [6, 6.07) is 11.7. The number of rotatable bonds is 5. The summed E-state index contributed by atoms with van der Waals surface area (Å²) < 4.78 is 0. The van der Waals surface area contributed by atoms with Gasteiger partial charge in [-0.25, -0.2) is 4.98 Å². The number of H-pyrrole nitrogens is 1. The van der Waals surface area contributed by atoms with Crippen molar-refractivity contribution < 1.29 is 0 Å². The van der Waals surface area contributed by atoms with Gasteiger partial charge in [-0.05, 0) is 12.5 Å². The van der Waals surface area contributed by atoms with Crippen LogP contribution in [0.5, 0.6) is 0 Å². The van der Waals surface area contributed by atoms with Gasteiger partial charge < -0.3 is 20.1 Å². The molecule has 4 saturated heterocycles. The van der Waals surface area contributed by atoms with Crippen molar-refractivity contribution in [1.29, 1.82) is 0 Å². The van der Waals surface area contributed by atoms with Crippen molar-refractivity contribution in [2.75, 3.05) is 39.3 Å². The van der Waals surface area contributed by atoms with Crippen molar-refractivity contribution >= 4 is 0 Å². The van der Waals surface area contributed by atoms with Crippen LogP contribution in [0.15, 0.2) is 30.3 Å². The van der Waals surface area contributed by atoms with E-state index in [0.717, 1.165) is 18.8 Å². The number of aryl methyl sites for hydroxylation is 2. The van der Waals surface area contributed by atoms with Gasteiger partial charge in [0.25, 0.3) is 0 Å². The maximum Gasteiger partial charge on any atom is 0.106 e. The van der Waals surface area contributed by atoms with Crippen LogP contribution in [0.4, 0.5) is 0 Å². The number of benzene rings is 1. The van der Waals surface area contributed by atoms with Crippen molar-refractivity contribution in [3.8, 4) is 0 Å². The van der Waals surface area contributed by atoms with Crippen LogP contribution in [-0.4, -0.2) is 65.1 Å². The smallest absolute Gasteiger partial charge is 0.106 e. The molecule has 0 amide bonds. The summed E-state index contributed by atoms with van der Waals surface area (Å²) >= 11 is 0. The molecule has 4 aliphatic rings. The fourth-order valence-electron chi connectivity index (χ4n) is 5.78. The third-order valence-electron chi connectivity index (χ3n) is 7.00. The molecule has 3 atom stereocenters. The summed E-state index contributed by atoms with van der Waals surface area (Å²) in [6.45, 7) is 12.4. The number of nitrogens with zero attached hydrogens (tertiary/aromatic N) is 3. The van der Waals surface area contributed by atoms with E-state index in [9.17, 15) is 0 Å². The highest BCUT2D eigenvalue weighted by Gasteiger charge is 2.54. The summed E-state index contributed by atoms with van der Waals surface area (Å²) in [4.78, 5) is 13.6. The summed E-state index contributed by atoms with van der Waals surface area (Å²) in [7, 11) is 0. The average molecular weight is 366 g/mol. The molecule has 2 aromatic rings. The Morgan fingerprint density at radius 1 is 1.15 bits per heavy atom. The van der Waals surface area contributed by atoms with Crippen LogP contribution in [-0.2, 0) is 18.4 Å². The zero-order valence-corrected chi connectivity index (χ0v) is 16.5. The number of nitrogens with one attached hydrogen (secondary N) is 2. The lowest BCUT2D eigenvalue weighted by atomic mass is 9.64. The van der Waals surface area contributed by atoms with Gasteiger partial charge in [-0.1, -0.05) is 37.3 Å². The van der Waals surface area contributed by atoms with Gasteiger partial charge in [0.2, 0.25) is 0 Å². The van der Waals surface area contributed by atoms with Crippen LogP contribution >= 0.6 is 0 Å². The first-order valence-corrected chi connectivity index (χ1v) is 10.5. The molecule has 1 aromatic carbocycles. The van der Waals surface area contributed by atoms with Crippen LogP contribution in [0.2, 0.25) is 0 Å². The van der Waals surface area contributed by atoms with E-state index in [1.54, 1.807) is 0 Å². The van der Waals surface area contributed by atoms with Crippen LogP contribution in [0.1, 0.15) is 29.7 Å². The molecule has 0 saturated carbocycles. The van der Waals surface area contributed by atoms with Gasteiger partial charge in [-0.3, -0.25) is 0 Å². The molecule has 5 nitrogen and oxygen atoms in total. The fraction of sp³-hybridized carbons (Fsp3) is 0.591. The number of aromatic amines is 1. The van der Waals surface area contributed by atoms with Crippen molar-refractivity contribution in [2.45, 2.75) is 38.3 Å². The zero-order chi connectivity index (χ0) is 18.4. The average Bonchev–Trinajstić information content (AvgIpc) is 2.86. The standard InChI is InChI=1S/C22H31N5/c1-3-20-24-16(2)19(25-20)11-23-21-17-12-26-9-10-27(13-17)15-22(21,14-26)18-7-5-4-6-8-18/h4-8,17,21,23H,3,9-15H2,1-2H3,(H,24,25). The first-order valence-electron chi connectivity index (χ1n) is 10.5. The van der Waals surface area contributed by atoms with E-state index in [0.29, 0.717) is 12.0 Å². The molecule has 3 unspecified atom stereocenters. The minimum Gasteiger partial charge on any atom is -0.346 e. The monoisotopic (exact) mass is 365 g/mol. The highest BCUT2D eigenvalue weighted by atomic mass is 15.3. The summed E-state index contributed by atoms with van der Waals surface area (Å²) in [6.07, 6.45) is 0.963. The number of hydrogen-bond acceptors (Lipinski definition) is 4. The number of hydrogen-bond donors (Lipinski definition) is 2. The van der Waals surface area contributed by atoms with Crippen molar-refractivity contribution in [3.63, 3.8) is 0 Å². The molecule has 6 rings (SSSR count). The van der Waals surface area contributed by atoms with E-state index in [2.05, 4.69) is 64.3 Å². The van der Waals surface area contributed by atoms with Crippen LogP contribution in [0.25, 0.3) is 0 Å². The molecule has 4 bridgehead atoms. The second-order valence-electron chi connectivity index (χ2n) is 8.72. The quantitative estimate of drug-likeness (QED) is 0.850. The van der Waals surface area contributed by atoms with Gasteiger partial charge in [0.1, 0.15) is 5.82 Å². The molecule has 4 aliphatic heterocycles. The Bertz CT molecular complexity index is 782. The Labute approximate surface area is 162 Å². The molecular weight excluding hydrogens is 334 g/mol. The molecule has 5 heteroatoms. The Balaban J connectivity index is 1.47.